The molecule has 1 rings (SSSR count). The van der Waals surface area contributed by atoms with Crippen LogP contribution in [-0.4, -0.2) is 30.2 Å². The summed E-state index contributed by atoms with van der Waals surface area (Å²) in [6.07, 6.45) is 4.42. The fourth-order valence-corrected chi connectivity index (χ4v) is 1.68. The van der Waals surface area contributed by atoms with Crippen molar-refractivity contribution in [3.8, 4) is 5.88 Å². The second-order valence-corrected chi connectivity index (χ2v) is 4.74. The summed E-state index contributed by atoms with van der Waals surface area (Å²) in [6, 6.07) is 0. The van der Waals surface area contributed by atoms with Crippen molar-refractivity contribution in [3.05, 3.63) is 18.1 Å². The first kappa shape index (κ1) is 13.9. The summed E-state index contributed by atoms with van der Waals surface area (Å²) >= 11 is 0. The molecule has 1 aromatic heterocycles. The van der Waals surface area contributed by atoms with Crippen molar-refractivity contribution in [2.45, 2.75) is 33.1 Å². The van der Waals surface area contributed by atoms with E-state index in [9.17, 15) is 0 Å². The van der Waals surface area contributed by atoms with Gasteiger partial charge in [-0.25, -0.2) is 4.98 Å². The zero-order chi connectivity index (χ0) is 12.7. The molecular weight excluding hydrogens is 214 g/mol. The summed E-state index contributed by atoms with van der Waals surface area (Å²) in [7, 11) is 1.64. The lowest BCUT2D eigenvalue weighted by Gasteiger charge is -2.14. The van der Waals surface area contributed by atoms with E-state index in [1.54, 1.807) is 19.5 Å². The van der Waals surface area contributed by atoms with Crippen molar-refractivity contribution < 1.29 is 4.74 Å². The highest BCUT2D eigenvalue weighted by Crippen LogP contribution is 2.23. The monoisotopic (exact) mass is 237 g/mol. The first-order chi connectivity index (χ1) is 8.15. The highest BCUT2D eigenvalue weighted by atomic mass is 16.5. The first-order valence-electron chi connectivity index (χ1n) is 6.20. The first-order valence-corrected chi connectivity index (χ1v) is 6.20. The van der Waals surface area contributed by atoms with Crippen LogP contribution >= 0.6 is 0 Å². The lowest BCUT2D eigenvalue weighted by molar-refractivity contribution is 0.383. The summed E-state index contributed by atoms with van der Waals surface area (Å²) in [6.45, 7) is 8.64. The summed E-state index contributed by atoms with van der Waals surface area (Å²) < 4.78 is 5.22. The Morgan fingerprint density at radius 1 is 1.24 bits per heavy atom. The van der Waals surface area contributed by atoms with E-state index in [2.05, 4.69) is 36.1 Å². The molecule has 0 saturated heterocycles. The van der Waals surface area contributed by atoms with Gasteiger partial charge in [-0.2, -0.15) is 0 Å². The Bertz CT molecular complexity index is 328. The Labute approximate surface area is 104 Å². The molecule has 0 aliphatic carbocycles. The van der Waals surface area contributed by atoms with E-state index >= 15 is 0 Å². The van der Waals surface area contributed by atoms with Crippen molar-refractivity contribution in [1.29, 1.82) is 0 Å². The van der Waals surface area contributed by atoms with Gasteiger partial charge in [0.25, 0.3) is 0 Å². The Morgan fingerprint density at radius 3 is 2.59 bits per heavy atom. The van der Waals surface area contributed by atoms with Gasteiger partial charge in [0, 0.05) is 18.3 Å². The zero-order valence-corrected chi connectivity index (χ0v) is 11.2. The van der Waals surface area contributed by atoms with Crippen molar-refractivity contribution in [2.24, 2.45) is 5.92 Å². The maximum atomic E-state index is 5.22. The fraction of sp³-hybridized carbons (Fsp3) is 0.692. The molecule has 0 aliphatic heterocycles. The van der Waals surface area contributed by atoms with Crippen molar-refractivity contribution in [2.75, 3.05) is 20.2 Å². The Balaban J connectivity index is 2.43. The van der Waals surface area contributed by atoms with Crippen LogP contribution in [-0.2, 0) is 0 Å². The number of nitrogens with zero attached hydrogens (tertiary/aromatic N) is 2. The summed E-state index contributed by atoms with van der Waals surface area (Å²) in [5.74, 6) is 1.69. The number of methoxy groups -OCH3 is 1. The second kappa shape index (κ2) is 7.22. The molecule has 0 aromatic carbocycles. The number of hydrogen-bond acceptors (Lipinski definition) is 4. The molecule has 1 N–H and O–H groups in total. The van der Waals surface area contributed by atoms with Crippen LogP contribution in [0.4, 0.5) is 0 Å². The predicted octanol–water partition coefficient (Wildman–Crippen LogP) is 2.22. The lowest BCUT2D eigenvalue weighted by Crippen LogP contribution is -2.22. The van der Waals surface area contributed by atoms with Gasteiger partial charge in [-0.3, -0.25) is 4.98 Å². The molecule has 0 fully saturated rings. The molecule has 4 heteroatoms. The maximum Gasteiger partial charge on any atom is 0.235 e. The largest absolute Gasteiger partial charge is 0.480 e. The number of ether oxygens (including phenoxy) is 1. The normalized spacial score (nSPS) is 12.8. The van der Waals surface area contributed by atoms with Gasteiger partial charge in [-0.15, -0.1) is 0 Å². The molecule has 1 heterocycles. The van der Waals surface area contributed by atoms with E-state index in [1.807, 2.05) is 0 Å². The van der Waals surface area contributed by atoms with E-state index in [0.29, 0.717) is 17.7 Å². The molecule has 1 unspecified atom stereocenters. The molecular formula is C13H23N3O. The van der Waals surface area contributed by atoms with E-state index < -0.39 is 0 Å². The number of rotatable bonds is 7. The van der Waals surface area contributed by atoms with Crippen LogP contribution in [0.15, 0.2) is 12.4 Å². The Kier molecular flexibility index (Phi) is 5.91. The second-order valence-electron chi connectivity index (χ2n) is 4.74. The Morgan fingerprint density at radius 2 is 1.94 bits per heavy atom. The molecule has 0 spiro atoms. The summed E-state index contributed by atoms with van der Waals surface area (Å²) in [5, 5.41) is 3.43. The van der Waals surface area contributed by atoms with Crippen LogP contribution in [0.2, 0.25) is 0 Å². The van der Waals surface area contributed by atoms with Crippen molar-refractivity contribution in [1.82, 2.24) is 15.3 Å². The average molecular weight is 237 g/mol. The fourth-order valence-electron chi connectivity index (χ4n) is 1.68. The summed E-state index contributed by atoms with van der Waals surface area (Å²) in [5.41, 5.74) is 0.946. The SMILES string of the molecule is COc1nccnc1C(C)CCNCC(C)C. The quantitative estimate of drug-likeness (QED) is 0.739. The third-order valence-corrected chi connectivity index (χ3v) is 2.66. The highest BCUT2D eigenvalue weighted by Gasteiger charge is 2.13. The van der Waals surface area contributed by atoms with Crippen LogP contribution in [0, 0.1) is 5.92 Å². The lowest BCUT2D eigenvalue weighted by atomic mass is 10.0. The van der Waals surface area contributed by atoms with Gasteiger partial charge in [0.2, 0.25) is 5.88 Å². The topological polar surface area (TPSA) is 47.0 Å². The van der Waals surface area contributed by atoms with Crippen LogP contribution < -0.4 is 10.1 Å². The van der Waals surface area contributed by atoms with Crippen molar-refractivity contribution >= 4 is 0 Å². The van der Waals surface area contributed by atoms with Gasteiger partial charge in [0.1, 0.15) is 5.69 Å². The van der Waals surface area contributed by atoms with Gasteiger partial charge in [0.15, 0.2) is 0 Å². The van der Waals surface area contributed by atoms with Crippen LogP contribution in [0.25, 0.3) is 0 Å². The van der Waals surface area contributed by atoms with E-state index in [0.717, 1.165) is 25.2 Å². The highest BCUT2D eigenvalue weighted by molar-refractivity contribution is 5.20. The minimum Gasteiger partial charge on any atom is -0.480 e. The van der Waals surface area contributed by atoms with Crippen molar-refractivity contribution in [3.63, 3.8) is 0 Å². The van der Waals surface area contributed by atoms with E-state index in [1.165, 1.54) is 0 Å². The molecule has 0 saturated carbocycles. The third-order valence-electron chi connectivity index (χ3n) is 2.66. The van der Waals surface area contributed by atoms with Crippen LogP contribution in [0.1, 0.15) is 38.8 Å². The maximum absolute atomic E-state index is 5.22. The molecule has 4 nitrogen and oxygen atoms in total. The van der Waals surface area contributed by atoms with E-state index in [4.69, 9.17) is 4.74 Å². The minimum absolute atomic E-state index is 0.360. The van der Waals surface area contributed by atoms with Crippen LogP contribution in [0.5, 0.6) is 5.88 Å². The van der Waals surface area contributed by atoms with Gasteiger partial charge < -0.3 is 10.1 Å². The number of hydrogen-bond donors (Lipinski definition) is 1. The molecule has 0 amide bonds. The zero-order valence-electron chi connectivity index (χ0n) is 11.2. The predicted molar refractivity (Wildman–Crippen MR) is 69.3 cm³/mol. The van der Waals surface area contributed by atoms with Gasteiger partial charge >= 0.3 is 0 Å². The molecule has 0 bridgehead atoms. The van der Waals surface area contributed by atoms with Gasteiger partial charge in [0.05, 0.1) is 7.11 Å². The summed E-state index contributed by atoms with van der Waals surface area (Å²) in [4.78, 5) is 8.52. The van der Waals surface area contributed by atoms with Gasteiger partial charge in [-0.1, -0.05) is 20.8 Å². The standard InChI is InChI=1S/C13H23N3O/c1-10(2)9-14-6-5-11(3)12-13(17-4)16-8-7-15-12/h7-8,10-11,14H,5-6,9H2,1-4H3. The molecule has 1 atom stereocenters. The smallest absolute Gasteiger partial charge is 0.235 e. The molecule has 0 aliphatic rings. The molecule has 0 radical (unpaired) electrons. The molecule has 1 aromatic rings. The molecule has 17 heavy (non-hydrogen) atoms. The average Bonchev–Trinajstić information content (AvgIpc) is 2.34. The number of aromatic nitrogens is 2. The third kappa shape index (κ3) is 4.69. The number of nitrogens with one attached hydrogen (secondary N) is 1. The molecule has 96 valence electrons. The Hall–Kier alpha value is -1.16. The minimum atomic E-state index is 0.360. The van der Waals surface area contributed by atoms with Gasteiger partial charge in [-0.05, 0) is 25.4 Å². The van der Waals surface area contributed by atoms with Crippen LogP contribution in [0.3, 0.4) is 0 Å². The van der Waals surface area contributed by atoms with E-state index in [-0.39, 0.29) is 0 Å².